The van der Waals surface area contributed by atoms with E-state index in [0.717, 1.165) is 0 Å². The summed E-state index contributed by atoms with van der Waals surface area (Å²) in [5.41, 5.74) is 1.76. The fraction of sp³-hybridized carbons (Fsp3) is 0.400. The zero-order valence-electron chi connectivity index (χ0n) is 17.8. The molecule has 3 heterocycles. The largest absolute Gasteiger partial charge is 0.408 e. The molecule has 0 aliphatic carbocycles. The topological polar surface area (TPSA) is 88.0 Å². The summed E-state index contributed by atoms with van der Waals surface area (Å²) in [7, 11) is 4.99. The van der Waals surface area contributed by atoms with Crippen LogP contribution in [-0.2, 0) is 7.05 Å². The molecule has 3 aromatic heterocycles. The Morgan fingerprint density at radius 3 is 2.42 bits per heavy atom. The molecule has 0 aromatic carbocycles. The number of alkyl halides is 3. The maximum atomic E-state index is 13.4. The second-order valence-electron chi connectivity index (χ2n) is 7.75. The van der Waals surface area contributed by atoms with Crippen molar-refractivity contribution >= 4 is 34.4 Å². The van der Waals surface area contributed by atoms with E-state index in [4.69, 9.17) is 0 Å². The minimum absolute atomic E-state index is 0.0639. The lowest BCUT2D eigenvalue weighted by Crippen LogP contribution is -2.40. The van der Waals surface area contributed by atoms with Crippen molar-refractivity contribution in [1.29, 1.82) is 0 Å². The average molecular weight is 435 g/mol. The van der Waals surface area contributed by atoms with Crippen molar-refractivity contribution in [2.45, 2.75) is 26.1 Å². The number of halogens is 3. The number of fused-ring (bicyclic) bond motifs is 1. The summed E-state index contributed by atoms with van der Waals surface area (Å²) in [6.45, 7) is 2.99. The number of aryl methyl sites for hydroxylation is 1. The number of nitrogens with one attached hydrogen (secondary N) is 2. The van der Waals surface area contributed by atoms with Gasteiger partial charge in [-0.15, -0.1) is 0 Å². The molecule has 0 bridgehead atoms. The Bertz CT molecular complexity index is 1070. The first-order valence-corrected chi connectivity index (χ1v) is 9.57. The van der Waals surface area contributed by atoms with Crippen molar-refractivity contribution in [1.82, 2.24) is 24.4 Å². The number of rotatable bonds is 6. The van der Waals surface area contributed by atoms with Crippen LogP contribution in [0.2, 0.25) is 0 Å². The average Bonchev–Trinajstić information content (AvgIpc) is 3.06. The predicted molar refractivity (Wildman–Crippen MR) is 112 cm³/mol. The molecule has 0 aliphatic heterocycles. The Labute approximate surface area is 177 Å². The molecule has 0 saturated carbocycles. The van der Waals surface area contributed by atoms with Crippen molar-refractivity contribution in [2.75, 3.05) is 24.7 Å². The van der Waals surface area contributed by atoms with Crippen LogP contribution in [0.1, 0.15) is 24.2 Å². The summed E-state index contributed by atoms with van der Waals surface area (Å²) < 4.78 is 41.9. The summed E-state index contributed by atoms with van der Waals surface area (Å²) in [5, 5.41) is 5.57. The molecule has 2 N–H and O–H groups in total. The van der Waals surface area contributed by atoms with Crippen LogP contribution in [0.5, 0.6) is 0 Å². The number of aromatic nitrogens is 4. The normalized spacial score (nSPS) is 12.8. The Balaban J connectivity index is 1.96. The lowest BCUT2D eigenvalue weighted by atomic mass is 10.0. The lowest BCUT2D eigenvalue weighted by Gasteiger charge is -2.25. The van der Waals surface area contributed by atoms with E-state index in [1.165, 1.54) is 37.3 Å². The summed E-state index contributed by atoms with van der Waals surface area (Å²) >= 11 is 0. The predicted octanol–water partition coefficient (Wildman–Crippen LogP) is 3.81. The molecular weight excluding hydrogens is 411 g/mol. The number of pyridine rings is 2. The summed E-state index contributed by atoms with van der Waals surface area (Å²) in [6, 6.07) is 2.95. The highest BCUT2D eigenvalue weighted by Gasteiger charge is 2.42. The Kier molecular flexibility index (Phi) is 6.05. The Morgan fingerprint density at radius 1 is 1.16 bits per heavy atom. The maximum Gasteiger partial charge on any atom is 0.408 e. The fourth-order valence-corrected chi connectivity index (χ4v) is 3.04. The number of carbonyl (C=O) groups is 1. The van der Waals surface area contributed by atoms with Gasteiger partial charge in [0.05, 0.1) is 17.6 Å². The minimum atomic E-state index is -4.43. The number of imidazole rings is 1. The third-order valence-corrected chi connectivity index (χ3v) is 4.67. The van der Waals surface area contributed by atoms with Gasteiger partial charge >= 0.3 is 6.18 Å². The molecular formula is C20H24F3N7O. The van der Waals surface area contributed by atoms with E-state index < -0.39 is 18.1 Å². The number of hydrogen-bond acceptors (Lipinski definition) is 6. The van der Waals surface area contributed by atoms with Gasteiger partial charge in [-0.05, 0) is 18.1 Å². The van der Waals surface area contributed by atoms with Crippen LogP contribution in [0, 0.1) is 5.92 Å². The third kappa shape index (κ3) is 4.86. The van der Waals surface area contributed by atoms with Crippen molar-refractivity contribution < 1.29 is 18.0 Å². The summed E-state index contributed by atoms with van der Waals surface area (Å²) in [5.74, 6) is -0.401. The van der Waals surface area contributed by atoms with E-state index in [9.17, 15) is 18.0 Å². The monoisotopic (exact) mass is 435 g/mol. The van der Waals surface area contributed by atoms with E-state index in [0.29, 0.717) is 28.2 Å². The number of nitrogens with zero attached hydrogens (tertiary/aromatic N) is 5. The van der Waals surface area contributed by atoms with Crippen molar-refractivity contribution in [3.8, 4) is 0 Å². The molecule has 1 atom stereocenters. The number of hydrogen-bond donors (Lipinski definition) is 2. The highest BCUT2D eigenvalue weighted by atomic mass is 19.4. The van der Waals surface area contributed by atoms with Gasteiger partial charge < -0.3 is 20.1 Å². The Hall–Kier alpha value is -3.37. The van der Waals surface area contributed by atoms with Gasteiger partial charge in [0, 0.05) is 33.4 Å². The minimum Gasteiger partial charge on any atom is -0.358 e. The van der Waals surface area contributed by atoms with Crippen LogP contribution in [0.25, 0.3) is 11.2 Å². The fourth-order valence-electron chi connectivity index (χ4n) is 3.04. The van der Waals surface area contributed by atoms with Gasteiger partial charge in [-0.25, -0.2) is 15.0 Å². The van der Waals surface area contributed by atoms with Gasteiger partial charge in [-0.3, -0.25) is 4.79 Å². The van der Waals surface area contributed by atoms with Gasteiger partial charge in [0.2, 0.25) is 0 Å². The standard InChI is InChI=1S/C20H24F3N7O/c1-11(2)17(20(21,22)23)27-15-8-13(16-18(28-15)30(5)10-25-16)26-14-7-6-12(9-24-14)19(31)29(3)4/h6-11,17H,1-5H3,(H2,24,26,27,28). The quantitative estimate of drug-likeness (QED) is 0.612. The molecule has 0 aliphatic rings. The van der Waals surface area contributed by atoms with Gasteiger partial charge in [0.25, 0.3) is 5.91 Å². The van der Waals surface area contributed by atoms with E-state index in [-0.39, 0.29) is 11.7 Å². The van der Waals surface area contributed by atoms with Crippen LogP contribution >= 0.6 is 0 Å². The molecule has 3 rings (SSSR count). The highest BCUT2D eigenvalue weighted by molar-refractivity contribution is 5.94. The van der Waals surface area contributed by atoms with Crippen LogP contribution in [0.4, 0.5) is 30.5 Å². The number of anilines is 3. The zero-order chi connectivity index (χ0) is 22.9. The first-order chi connectivity index (χ1) is 14.5. The first kappa shape index (κ1) is 22.3. The first-order valence-electron chi connectivity index (χ1n) is 9.57. The second-order valence-corrected chi connectivity index (χ2v) is 7.75. The van der Waals surface area contributed by atoms with Gasteiger partial charge in [-0.2, -0.15) is 13.2 Å². The van der Waals surface area contributed by atoms with Crippen molar-refractivity contribution in [3.05, 3.63) is 36.3 Å². The molecule has 0 spiro atoms. The highest BCUT2D eigenvalue weighted by Crippen LogP contribution is 2.31. The van der Waals surface area contributed by atoms with Crippen molar-refractivity contribution in [2.24, 2.45) is 13.0 Å². The molecule has 1 unspecified atom stereocenters. The van der Waals surface area contributed by atoms with Crippen LogP contribution in [-0.4, -0.2) is 56.6 Å². The molecule has 166 valence electrons. The molecule has 3 aromatic rings. The van der Waals surface area contributed by atoms with E-state index in [2.05, 4.69) is 25.6 Å². The summed E-state index contributed by atoms with van der Waals surface area (Å²) in [6.07, 6.45) is -1.47. The molecule has 0 fully saturated rings. The molecule has 11 heteroatoms. The molecule has 0 saturated heterocycles. The van der Waals surface area contributed by atoms with Gasteiger partial charge in [0.1, 0.15) is 23.2 Å². The van der Waals surface area contributed by atoms with E-state index in [1.54, 1.807) is 37.8 Å². The maximum absolute atomic E-state index is 13.4. The SMILES string of the molecule is CC(C)C(Nc1cc(Nc2ccc(C(=O)N(C)C)cn2)c2ncn(C)c2n1)C(F)(F)F. The van der Waals surface area contributed by atoms with Crippen molar-refractivity contribution in [3.63, 3.8) is 0 Å². The molecule has 1 amide bonds. The Morgan fingerprint density at radius 2 is 1.87 bits per heavy atom. The van der Waals surface area contributed by atoms with Crippen LogP contribution in [0.15, 0.2) is 30.7 Å². The van der Waals surface area contributed by atoms with Gasteiger partial charge in [0.15, 0.2) is 5.65 Å². The number of amides is 1. The third-order valence-electron chi connectivity index (χ3n) is 4.67. The van der Waals surface area contributed by atoms with E-state index in [1.807, 2.05) is 0 Å². The van der Waals surface area contributed by atoms with Gasteiger partial charge in [-0.1, -0.05) is 13.8 Å². The van der Waals surface area contributed by atoms with Crippen LogP contribution < -0.4 is 10.6 Å². The molecule has 31 heavy (non-hydrogen) atoms. The smallest absolute Gasteiger partial charge is 0.358 e. The lowest BCUT2D eigenvalue weighted by molar-refractivity contribution is -0.150. The second kappa shape index (κ2) is 8.40. The van der Waals surface area contributed by atoms with Crippen LogP contribution in [0.3, 0.4) is 0 Å². The molecule has 8 nitrogen and oxygen atoms in total. The number of carbonyl (C=O) groups excluding carboxylic acids is 1. The zero-order valence-corrected chi connectivity index (χ0v) is 17.8. The van der Waals surface area contributed by atoms with E-state index >= 15 is 0 Å². The summed E-state index contributed by atoms with van der Waals surface area (Å²) in [4.78, 5) is 26.3. The molecule has 0 radical (unpaired) electrons.